The van der Waals surface area contributed by atoms with Crippen molar-refractivity contribution in [2.24, 2.45) is 0 Å². The van der Waals surface area contributed by atoms with Crippen LogP contribution in [0.4, 0.5) is 4.79 Å². The van der Waals surface area contributed by atoms with E-state index in [2.05, 4.69) is 11.1 Å². The van der Waals surface area contributed by atoms with Crippen molar-refractivity contribution >= 4 is 6.03 Å². The van der Waals surface area contributed by atoms with Gasteiger partial charge >= 0.3 is 6.03 Å². The summed E-state index contributed by atoms with van der Waals surface area (Å²) in [6, 6.07) is 5.37. The van der Waals surface area contributed by atoms with E-state index in [1.807, 2.05) is 18.7 Å². The minimum absolute atomic E-state index is 0.0600. The first-order chi connectivity index (χ1) is 10.2. The van der Waals surface area contributed by atoms with Crippen molar-refractivity contribution < 1.29 is 9.53 Å². The van der Waals surface area contributed by atoms with Crippen LogP contribution in [0.15, 0.2) is 18.3 Å². The van der Waals surface area contributed by atoms with E-state index in [0.29, 0.717) is 37.6 Å². The molecule has 1 fully saturated rings. The first kappa shape index (κ1) is 15.1. The molecule has 2 rings (SSSR count). The highest BCUT2D eigenvalue weighted by molar-refractivity contribution is 5.74. The Morgan fingerprint density at radius 3 is 3.00 bits per heavy atom. The highest BCUT2D eigenvalue weighted by atomic mass is 16.5. The van der Waals surface area contributed by atoms with Gasteiger partial charge in [0.15, 0.2) is 0 Å². The molecule has 1 aliphatic rings. The van der Waals surface area contributed by atoms with Crippen molar-refractivity contribution in [3.63, 3.8) is 0 Å². The highest BCUT2D eigenvalue weighted by Crippen LogP contribution is 2.18. The smallest absolute Gasteiger partial charge is 0.320 e. The molecule has 21 heavy (non-hydrogen) atoms. The summed E-state index contributed by atoms with van der Waals surface area (Å²) in [4.78, 5) is 20.0. The van der Waals surface area contributed by atoms with Gasteiger partial charge in [-0.1, -0.05) is 0 Å². The lowest BCUT2D eigenvalue weighted by molar-refractivity contribution is 0.155. The normalized spacial score (nSPS) is 17.4. The Balaban J connectivity index is 1.93. The second-order valence-electron chi connectivity index (χ2n) is 4.92. The van der Waals surface area contributed by atoms with Crippen LogP contribution in [0, 0.1) is 11.3 Å². The lowest BCUT2D eigenvalue weighted by Gasteiger charge is -2.25. The molecule has 1 aromatic heterocycles. The van der Waals surface area contributed by atoms with Crippen LogP contribution in [0.1, 0.15) is 25.8 Å². The maximum atomic E-state index is 12.2. The number of pyridine rings is 1. The van der Waals surface area contributed by atoms with E-state index in [4.69, 9.17) is 10.00 Å². The summed E-state index contributed by atoms with van der Waals surface area (Å²) in [5.41, 5.74) is 0.522. The molecule has 1 unspecified atom stereocenters. The van der Waals surface area contributed by atoms with E-state index >= 15 is 0 Å². The Labute approximate surface area is 124 Å². The van der Waals surface area contributed by atoms with Crippen molar-refractivity contribution in [1.29, 1.82) is 5.26 Å². The second kappa shape index (κ2) is 6.93. The first-order valence-corrected chi connectivity index (χ1v) is 7.24. The Hall–Kier alpha value is -2.29. The fourth-order valence-electron chi connectivity index (χ4n) is 2.41. The summed E-state index contributed by atoms with van der Waals surface area (Å²) < 4.78 is 5.77. The predicted molar refractivity (Wildman–Crippen MR) is 77.9 cm³/mol. The maximum Gasteiger partial charge on any atom is 0.320 e. The third kappa shape index (κ3) is 3.63. The molecular weight excluding hydrogens is 268 g/mol. The van der Waals surface area contributed by atoms with Gasteiger partial charge < -0.3 is 14.5 Å². The van der Waals surface area contributed by atoms with Crippen molar-refractivity contribution in [1.82, 2.24) is 14.8 Å². The highest BCUT2D eigenvalue weighted by Gasteiger charge is 2.29. The molecular formula is C15H20N4O2. The summed E-state index contributed by atoms with van der Waals surface area (Å²) in [6.07, 6.45) is 2.28. The standard InChI is InChI=1S/C15H20N4O2/c1-3-18(4-2)15(20)19-8-6-13(11-19)21-14-9-12(10-16)5-7-17-14/h5,7,9,13H,3-4,6,8,11H2,1-2H3. The van der Waals surface area contributed by atoms with Gasteiger partial charge in [-0.3, -0.25) is 0 Å². The summed E-state index contributed by atoms with van der Waals surface area (Å²) in [5, 5.41) is 8.86. The molecule has 6 nitrogen and oxygen atoms in total. The van der Waals surface area contributed by atoms with Crippen molar-refractivity contribution in [3.8, 4) is 11.9 Å². The Morgan fingerprint density at radius 2 is 2.33 bits per heavy atom. The molecule has 0 radical (unpaired) electrons. The molecule has 2 heterocycles. The number of carbonyl (C=O) groups excluding carboxylic acids is 1. The number of aromatic nitrogens is 1. The van der Waals surface area contributed by atoms with Crippen LogP contribution in [0.2, 0.25) is 0 Å². The molecule has 1 atom stereocenters. The minimum atomic E-state index is -0.0639. The Kier molecular flexibility index (Phi) is 4.99. The van der Waals surface area contributed by atoms with E-state index in [1.54, 1.807) is 23.2 Å². The monoisotopic (exact) mass is 288 g/mol. The lowest BCUT2D eigenvalue weighted by atomic mass is 10.3. The average molecular weight is 288 g/mol. The number of hydrogen-bond acceptors (Lipinski definition) is 4. The number of ether oxygens (including phenoxy) is 1. The van der Waals surface area contributed by atoms with Gasteiger partial charge in [-0.05, 0) is 19.9 Å². The summed E-state index contributed by atoms with van der Waals surface area (Å²) >= 11 is 0. The van der Waals surface area contributed by atoms with Gasteiger partial charge in [0, 0.05) is 38.3 Å². The molecule has 0 aromatic carbocycles. The molecule has 112 valence electrons. The first-order valence-electron chi connectivity index (χ1n) is 7.24. The van der Waals surface area contributed by atoms with Crippen molar-refractivity contribution in [2.45, 2.75) is 26.4 Å². The van der Waals surface area contributed by atoms with Gasteiger partial charge in [0.1, 0.15) is 6.10 Å². The molecule has 1 aliphatic heterocycles. The number of likely N-dealkylation sites (tertiary alicyclic amines) is 1. The third-order valence-electron chi connectivity index (χ3n) is 3.60. The Bertz CT molecular complexity index is 537. The molecule has 1 aromatic rings. The van der Waals surface area contributed by atoms with Crippen LogP contribution >= 0.6 is 0 Å². The maximum absolute atomic E-state index is 12.2. The largest absolute Gasteiger partial charge is 0.472 e. The van der Waals surface area contributed by atoms with E-state index in [0.717, 1.165) is 6.42 Å². The van der Waals surface area contributed by atoms with Gasteiger partial charge in [0.2, 0.25) is 5.88 Å². The van der Waals surface area contributed by atoms with E-state index in [1.165, 1.54) is 0 Å². The number of urea groups is 1. The zero-order valence-corrected chi connectivity index (χ0v) is 12.5. The topological polar surface area (TPSA) is 69.5 Å². The van der Waals surface area contributed by atoms with Crippen LogP contribution in [-0.2, 0) is 0 Å². The van der Waals surface area contributed by atoms with E-state index in [-0.39, 0.29) is 12.1 Å². The van der Waals surface area contributed by atoms with Crippen LogP contribution in [0.25, 0.3) is 0 Å². The average Bonchev–Trinajstić information content (AvgIpc) is 2.97. The molecule has 2 amide bonds. The predicted octanol–water partition coefficient (Wildman–Crippen LogP) is 1.87. The minimum Gasteiger partial charge on any atom is -0.472 e. The number of hydrogen-bond donors (Lipinski definition) is 0. The van der Waals surface area contributed by atoms with Gasteiger partial charge in [-0.2, -0.15) is 5.26 Å². The molecule has 0 spiro atoms. The number of nitriles is 1. The number of nitrogens with zero attached hydrogens (tertiary/aromatic N) is 4. The zero-order valence-electron chi connectivity index (χ0n) is 12.5. The molecule has 1 saturated heterocycles. The van der Waals surface area contributed by atoms with Gasteiger partial charge in [-0.25, -0.2) is 9.78 Å². The second-order valence-corrected chi connectivity index (χ2v) is 4.92. The number of rotatable bonds is 4. The lowest BCUT2D eigenvalue weighted by Crippen LogP contribution is -2.42. The summed E-state index contributed by atoms with van der Waals surface area (Å²) in [7, 11) is 0. The van der Waals surface area contributed by atoms with Crippen LogP contribution in [0.5, 0.6) is 5.88 Å². The van der Waals surface area contributed by atoms with Crippen molar-refractivity contribution in [2.75, 3.05) is 26.2 Å². The van der Waals surface area contributed by atoms with E-state index in [9.17, 15) is 4.79 Å². The fraction of sp³-hybridized carbons (Fsp3) is 0.533. The molecule has 0 aliphatic carbocycles. The summed E-state index contributed by atoms with van der Waals surface area (Å²) in [5.74, 6) is 0.441. The quantitative estimate of drug-likeness (QED) is 0.848. The van der Waals surface area contributed by atoms with Crippen molar-refractivity contribution in [3.05, 3.63) is 23.9 Å². The Morgan fingerprint density at radius 1 is 1.57 bits per heavy atom. The third-order valence-corrected chi connectivity index (χ3v) is 3.60. The SMILES string of the molecule is CCN(CC)C(=O)N1CCC(Oc2cc(C#N)ccn2)C1. The molecule has 6 heteroatoms. The zero-order chi connectivity index (χ0) is 15.2. The van der Waals surface area contributed by atoms with Crippen LogP contribution in [-0.4, -0.2) is 53.1 Å². The number of amides is 2. The molecule has 0 N–H and O–H groups in total. The molecule has 0 saturated carbocycles. The summed E-state index contributed by atoms with van der Waals surface area (Å²) in [6.45, 7) is 6.63. The van der Waals surface area contributed by atoms with Crippen LogP contribution < -0.4 is 4.74 Å². The van der Waals surface area contributed by atoms with E-state index < -0.39 is 0 Å². The molecule has 0 bridgehead atoms. The fourth-order valence-corrected chi connectivity index (χ4v) is 2.41. The number of carbonyl (C=O) groups is 1. The van der Waals surface area contributed by atoms with Crippen LogP contribution in [0.3, 0.4) is 0 Å². The van der Waals surface area contributed by atoms with Gasteiger partial charge in [0.05, 0.1) is 18.2 Å². The van der Waals surface area contributed by atoms with Gasteiger partial charge in [0.25, 0.3) is 0 Å². The van der Waals surface area contributed by atoms with Gasteiger partial charge in [-0.15, -0.1) is 0 Å².